The van der Waals surface area contributed by atoms with Crippen LogP contribution < -0.4 is 0 Å². The Labute approximate surface area is 45.5 Å². The largest absolute Gasteiger partial charge is 0.391 e. The van der Waals surface area contributed by atoms with Crippen LogP contribution in [0.25, 0.3) is 0 Å². The summed E-state index contributed by atoms with van der Waals surface area (Å²) in [6.07, 6.45) is 1.66. The van der Waals surface area contributed by atoms with Gasteiger partial charge in [0.25, 0.3) is 0 Å². The topological polar surface area (TPSA) is 33.1 Å². The van der Waals surface area contributed by atoms with Crippen LogP contribution in [0.5, 0.6) is 0 Å². The van der Waals surface area contributed by atoms with Crippen LogP contribution in [0.3, 0.4) is 0 Å². The standard InChI is InChI=1S/C4H5NOS/c6-2-4-1-5-3-7-4/h1,3,6H,2H2/i1+1,2+1,4+1. The van der Waals surface area contributed by atoms with Crippen molar-refractivity contribution in [3.63, 3.8) is 0 Å². The van der Waals surface area contributed by atoms with Gasteiger partial charge in [0, 0.05) is 11.1 Å². The first kappa shape index (κ1) is 4.74. The number of aromatic nitrogens is 1. The Morgan fingerprint density at radius 1 is 1.86 bits per heavy atom. The highest BCUT2D eigenvalue weighted by molar-refractivity contribution is 7.09. The van der Waals surface area contributed by atoms with Crippen molar-refractivity contribution in [2.45, 2.75) is 6.61 Å². The summed E-state index contributed by atoms with van der Waals surface area (Å²) in [5, 5.41) is 8.40. The van der Waals surface area contributed by atoms with Crippen molar-refractivity contribution in [2.24, 2.45) is 0 Å². The zero-order valence-electron chi connectivity index (χ0n) is 3.66. The van der Waals surface area contributed by atoms with E-state index in [0.717, 1.165) is 4.88 Å². The molecule has 0 unspecified atom stereocenters. The fourth-order valence-electron chi connectivity index (χ4n) is 0.320. The van der Waals surface area contributed by atoms with E-state index in [1.54, 1.807) is 11.7 Å². The number of aliphatic hydroxyl groups excluding tert-OH is 1. The van der Waals surface area contributed by atoms with Crippen molar-refractivity contribution in [3.05, 3.63) is 16.6 Å². The average molecular weight is 118 g/mol. The lowest BCUT2D eigenvalue weighted by Gasteiger charge is -1.76. The van der Waals surface area contributed by atoms with Gasteiger partial charge in [0.1, 0.15) is 0 Å². The van der Waals surface area contributed by atoms with Gasteiger partial charge < -0.3 is 5.11 Å². The second-order valence-corrected chi connectivity index (χ2v) is 2.10. The summed E-state index contributed by atoms with van der Waals surface area (Å²) >= 11 is 1.46. The maximum Gasteiger partial charge on any atom is 0.0795 e. The second kappa shape index (κ2) is 2.04. The molecule has 1 N–H and O–H groups in total. The normalized spacial score (nSPS) is 9.29. The first-order chi connectivity index (χ1) is 3.43. The van der Waals surface area contributed by atoms with E-state index < -0.39 is 0 Å². The molecule has 0 fully saturated rings. The van der Waals surface area contributed by atoms with Gasteiger partial charge in [-0.3, -0.25) is 4.98 Å². The van der Waals surface area contributed by atoms with E-state index in [1.165, 1.54) is 11.3 Å². The predicted molar refractivity (Wildman–Crippen MR) is 28.0 cm³/mol. The molecule has 0 aliphatic rings. The van der Waals surface area contributed by atoms with Gasteiger partial charge in [0.05, 0.1) is 12.1 Å². The van der Waals surface area contributed by atoms with E-state index in [9.17, 15) is 0 Å². The smallest absolute Gasteiger partial charge is 0.0795 e. The van der Waals surface area contributed by atoms with Gasteiger partial charge in [-0.05, 0) is 0 Å². The molecule has 3 heteroatoms. The van der Waals surface area contributed by atoms with Crippen LogP contribution in [-0.4, -0.2) is 10.1 Å². The number of thiazole rings is 1. The molecule has 0 radical (unpaired) electrons. The summed E-state index contributed by atoms with van der Waals surface area (Å²) in [5.41, 5.74) is 1.70. The predicted octanol–water partition coefficient (Wildman–Crippen LogP) is 0.635. The third-order valence-electron chi connectivity index (χ3n) is 0.639. The maximum absolute atomic E-state index is 8.40. The summed E-state index contributed by atoms with van der Waals surface area (Å²) in [6, 6.07) is 0. The maximum atomic E-state index is 8.40. The number of nitrogens with zero attached hydrogens (tertiary/aromatic N) is 1. The van der Waals surface area contributed by atoms with E-state index in [0.29, 0.717) is 0 Å². The van der Waals surface area contributed by atoms with Crippen LogP contribution in [0.15, 0.2) is 11.7 Å². The molecule has 0 aliphatic heterocycles. The number of aliphatic hydroxyl groups is 1. The van der Waals surface area contributed by atoms with Crippen LogP contribution in [0.2, 0.25) is 0 Å². The van der Waals surface area contributed by atoms with E-state index in [-0.39, 0.29) is 6.61 Å². The van der Waals surface area contributed by atoms with Gasteiger partial charge in [0.15, 0.2) is 0 Å². The van der Waals surface area contributed by atoms with Gasteiger partial charge >= 0.3 is 0 Å². The quantitative estimate of drug-likeness (QED) is 0.549. The fourth-order valence-corrected chi connectivity index (χ4v) is 0.774. The number of rotatable bonds is 1. The Balaban J connectivity index is 2.76. The molecule has 0 amide bonds. The molecule has 7 heavy (non-hydrogen) atoms. The van der Waals surface area contributed by atoms with E-state index in [2.05, 4.69) is 4.98 Å². The summed E-state index contributed by atoms with van der Waals surface area (Å²) in [6.45, 7) is 0.116. The average Bonchev–Trinajstić information content (AvgIpc) is 2.14. The molecule has 1 aromatic rings. The van der Waals surface area contributed by atoms with E-state index in [4.69, 9.17) is 5.11 Å². The minimum absolute atomic E-state index is 0.116. The minimum atomic E-state index is 0.116. The molecule has 38 valence electrons. The summed E-state index contributed by atoms with van der Waals surface area (Å²) in [5.74, 6) is 0. The first-order valence-corrected chi connectivity index (χ1v) is 2.79. The minimum Gasteiger partial charge on any atom is -0.391 e. The highest BCUT2D eigenvalue weighted by Crippen LogP contribution is 2.02. The fraction of sp³-hybridized carbons (Fsp3) is 0.250. The molecule has 0 bridgehead atoms. The molecule has 0 aromatic carbocycles. The van der Waals surface area contributed by atoms with Crippen LogP contribution in [-0.2, 0) is 6.61 Å². The molecule has 0 spiro atoms. The lowest BCUT2D eigenvalue weighted by atomic mass is 11.5. The Hall–Kier alpha value is -0.410. The lowest BCUT2D eigenvalue weighted by molar-refractivity contribution is 0.285. The Bertz CT molecular complexity index is 126. The van der Waals surface area contributed by atoms with Crippen LogP contribution in [0.4, 0.5) is 0 Å². The van der Waals surface area contributed by atoms with Crippen molar-refractivity contribution in [1.82, 2.24) is 4.98 Å². The molecule has 1 aromatic heterocycles. The first-order valence-electron chi connectivity index (χ1n) is 1.91. The third kappa shape index (κ3) is 0.976. The number of hydrogen-bond donors (Lipinski definition) is 1. The van der Waals surface area contributed by atoms with Crippen molar-refractivity contribution in [3.8, 4) is 0 Å². The van der Waals surface area contributed by atoms with Crippen molar-refractivity contribution in [1.29, 1.82) is 0 Å². The molecule has 0 atom stereocenters. The second-order valence-electron chi connectivity index (χ2n) is 1.13. The molecule has 0 aliphatic carbocycles. The van der Waals surface area contributed by atoms with Gasteiger partial charge in [0.2, 0.25) is 0 Å². The van der Waals surface area contributed by atoms with Crippen molar-refractivity contribution >= 4 is 11.3 Å². The molecule has 0 saturated heterocycles. The van der Waals surface area contributed by atoms with Gasteiger partial charge in [-0.25, -0.2) is 0 Å². The highest BCUT2D eigenvalue weighted by atomic mass is 32.1. The van der Waals surface area contributed by atoms with Gasteiger partial charge in [-0.1, -0.05) is 0 Å². The highest BCUT2D eigenvalue weighted by Gasteiger charge is 1.85. The lowest BCUT2D eigenvalue weighted by Crippen LogP contribution is -1.70. The van der Waals surface area contributed by atoms with E-state index >= 15 is 0 Å². The van der Waals surface area contributed by atoms with Crippen molar-refractivity contribution < 1.29 is 5.11 Å². The molecule has 1 heterocycles. The number of hydrogen-bond acceptors (Lipinski definition) is 3. The van der Waals surface area contributed by atoms with Gasteiger partial charge in [-0.15, -0.1) is 11.3 Å². The third-order valence-corrected chi connectivity index (χ3v) is 1.40. The van der Waals surface area contributed by atoms with Gasteiger partial charge in [-0.2, -0.15) is 0 Å². The molecular formula is C4H5NOS. The van der Waals surface area contributed by atoms with Crippen LogP contribution >= 0.6 is 11.3 Å². The van der Waals surface area contributed by atoms with Crippen molar-refractivity contribution in [2.75, 3.05) is 0 Å². The summed E-state index contributed by atoms with van der Waals surface area (Å²) in [4.78, 5) is 4.67. The molecule has 0 saturated carbocycles. The SMILES string of the molecule is O[13CH2][13c]1[13cH]ncs1. The molecule has 2 nitrogen and oxygen atoms in total. The Kier molecular flexibility index (Phi) is 1.38. The molecule has 1 rings (SSSR count). The van der Waals surface area contributed by atoms with E-state index in [1.807, 2.05) is 0 Å². The monoisotopic (exact) mass is 118 g/mol. The Morgan fingerprint density at radius 3 is 3.00 bits per heavy atom. The molecular weight excluding hydrogens is 113 g/mol. The van der Waals surface area contributed by atoms with Crippen LogP contribution in [0.1, 0.15) is 4.88 Å². The zero-order chi connectivity index (χ0) is 5.11. The van der Waals surface area contributed by atoms with Crippen LogP contribution in [0, 0.1) is 0 Å². The Morgan fingerprint density at radius 2 is 2.71 bits per heavy atom. The zero-order valence-corrected chi connectivity index (χ0v) is 4.48. The summed E-state index contributed by atoms with van der Waals surface area (Å²) < 4.78 is 0. The summed E-state index contributed by atoms with van der Waals surface area (Å²) in [7, 11) is 0.